The SMILES string of the molecule is CNCCc1ccc2c(c1)OCC2. The maximum atomic E-state index is 5.50. The number of benzene rings is 1. The Morgan fingerprint density at radius 2 is 2.38 bits per heavy atom. The molecule has 0 amide bonds. The summed E-state index contributed by atoms with van der Waals surface area (Å²) in [5, 5.41) is 3.14. The Bertz CT molecular complexity index is 296. The highest BCUT2D eigenvalue weighted by atomic mass is 16.5. The van der Waals surface area contributed by atoms with E-state index >= 15 is 0 Å². The maximum Gasteiger partial charge on any atom is 0.122 e. The van der Waals surface area contributed by atoms with E-state index in [1.54, 1.807) is 0 Å². The third kappa shape index (κ3) is 1.83. The van der Waals surface area contributed by atoms with Crippen molar-refractivity contribution in [1.29, 1.82) is 0 Å². The molecular formula is C11H15NO. The van der Waals surface area contributed by atoms with E-state index in [4.69, 9.17) is 4.74 Å². The summed E-state index contributed by atoms with van der Waals surface area (Å²) in [7, 11) is 1.98. The minimum Gasteiger partial charge on any atom is -0.493 e. The van der Waals surface area contributed by atoms with Crippen LogP contribution in [0, 0.1) is 0 Å². The Balaban J connectivity index is 2.12. The fourth-order valence-corrected chi connectivity index (χ4v) is 1.64. The quantitative estimate of drug-likeness (QED) is 0.753. The lowest BCUT2D eigenvalue weighted by Crippen LogP contribution is -2.10. The van der Waals surface area contributed by atoms with Gasteiger partial charge in [0.1, 0.15) is 5.75 Å². The van der Waals surface area contributed by atoms with Crippen molar-refractivity contribution in [1.82, 2.24) is 5.32 Å². The Morgan fingerprint density at radius 1 is 1.46 bits per heavy atom. The lowest BCUT2D eigenvalue weighted by atomic mass is 10.1. The normalized spacial score (nSPS) is 13.9. The van der Waals surface area contributed by atoms with Crippen LogP contribution in [0.4, 0.5) is 0 Å². The van der Waals surface area contributed by atoms with Gasteiger partial charge in [0.2, 0.25) is 0 Å². The van der Waals surface area contributed by atoms with Gasteiger partial charge < -0.3 is 10.1 Å². The molecule has 0 saturated carbocycles. The van der Waals surface area contributed by atoms with Crippen molar-refractivity contribution >= 4 is 0 Å². The van der Waals surface area contributed by atoms with Gasteiger partial charge in [-0.25, -0.2) is 0 Å². The molecule has 0 unspecified atom stereocenters. The summed E-state index contributed by atoms with van der Waals surface area (Å²) in [4.78, 5) is 0. The second-order valence-corrected chi connectivity index (χ2v) is 3.39. The number of fused-ring (bicyclic) bond motifs is 1. The van der Waals surface area contributed by atoms with Gasteiger partial charge >= 0.3 is 0 Å². The molecule has 0 fully saturated rings. The topological polar surface area (TPSA) is 21.3 Å². The van der Waals surface area contributed by atoms with Gasteiger partial charge in [-0.15, -0.1) is 0 Å². The van der Waals surface area contributed by atoms with Gasteiger partial charge in [0.05, 0.1) is 6.61 Å². The van der Waals surface area contributed by atoms with Crippen molar-refractivity contribution in [2.75, 3.05) is 20.2 Å². The lowest BCUT2D eigenvalue weighted by molar-refractivity contribution is 0.356. The molecule has 0 bridgehead atoms. The standard InChI is InChI=1S/C11H15NO/c1-12-6-4-9-2-3-10-5-7-13-11(10)8-9/h2-3,8,12H,4-7H2,1H3. The smallest absolute Gasteiger partial charge is 0.122 e. The molecule has 0 aliphatic carbocycles. The molecular weight excluding hydrogens is 162 g/mol. The molecule has 1 aromatic rings. The summed E-state index contributed by atoms with van der Waals surface area (Å²) in [6.45, 7) is 1.88. The highest BCUT2D eigenvalue weighted by molar-refractivity contribution is 5.40. The number of rotatable bonds is 3. The highest BCUT2D eigenvalue weighted by Gasteiger charge is 2.11. The third-order valence-corrected chi connectivity index (χ3v) is 2.42. The van der Waals surface area contributed by atoms with E-state index in [9.17, 15) is 0 Å². The van der Waals surface area contributed by atoms with Gasteiger partial charge in [0.15, 0.2) is 0 Å². The van der Waals surface area contributed by atoms with Crippen molar-refractivity contribution < 1.29 is 4.74 Å². The maximum absolute atomic E-state index is 5.50. The number of hydrogen-bond acceptors (Lipinski definition) is 2. The van der Waals surface area contributed by atoms with Gasteiger partial charge in [0.25, 0.3) is 0 Å². The molecule has 0 aromatic heterocycles. The Hall–Kier alpha value is -1.02. The van der Waals surface area contributed by atoms with E-state index in [-0.39, 0.29) is 0 Å². The van der Waals surface area contributed by atoms with Crippen LogP contribution >= 0.6 is 0 Å². The van der Waals surface area contributed by atoms with Crippen LogP contribution < -0.4 is 10.1 Å². The Kier molecular flexibility index (Phi) is 2.50. The van der Waals surface area contributed by atoms with E-state index in [1.165, 1.54) is 11.1 Å². The first kappa shape index (κ1) is 8.57. The second kappa shape index (κ2) is 3.79. The molecule has 1 heterocycles. The van der Waals surface area contributed by atoms with Gasteiger partial charge in [-0.3, -0.25) is 0 Å². The average molecular weight is 177 g/mol. The zero-order valence-corrected chi connectivity index (χ0v) is 7.97. The van der Waals surface area contributed by atoms with Crippen LogP contribution in [0.1, 0.15) is 11.1 Å². The first-order valence-corrected chi connectivity index (χ1v) is 4.79. The molecule has 0 saturated heterocycles. The molecule has 0 atom stereocenters. The summed E-state index contributed by atoms with van der Waals surface area (Å²) in [5.41, 5.74) is 2.71. The zero-order valence-electron chi connectivity index (χ0n) is 7.97. The zero-order chi connectivity index (χ0) is 9.10. The lowest BCUT2D eigenvalue weighted by Gasteiger charge is -2.03. The molecule has 1 aromatic carbocycles. The first-order valence-electron chi connectivity index (χ1n) is 4.79. The predicted molar refractivity (Wildman–Crippen MR) is 53.3 cm³/mol. The van der Waals surface area contributed by atoms with Crippen molar-refractivity contribution in [3.05, 3.63) is 29.3 Å². The van der Waals surface area contributed by atoms with Gasteiger partial charge in [0, 0.05) is 6.42 Å². The molecule has 2 heteroatoms. The molecule has 0 radical (unpaired) electrons. The predicted octanol–water partition coefficient (Wildman–Crippen LogP) is 1.38. The van der Waals surface area contributed by atoms with Crippen molar-refractivity contribution in [2.45, 2.75) is 12.8 Å². The summed E-state index contributed by atoms with van der Waals surface area (Å²) in [6, 6.07) is 6.55. The fourth-order valence-electron chi connectivity index (χ4n) is 1.64. The first-order chi connectivity index (χ1) is 6.40. The number of nitrogens with one attached hydrogen (secondary N) is 1. The minimum absolute atomic E-state index is 0.852. The van der Waals surface area contributed by atoms with Crippen molar-refractivity contribution in [3.8, 4) is 5.75 Å². The second-order valence-electron chi connectivity index (χ2n) is 3.39. The molecule has 1 aliphatic heterocycles. The van der Waals surface area contributed by atoms with Crippen molar-refractivity contribution in [3.63, 3.8) is 0 Å². The van der Waals surface area contributed by atoms with Crippen LogP contribution in [0.3, 0.4) is 0 Å². The molecule has 2 rings (SSSR count). The van der Waals surface area contributed by atoms with Crippen LogP contribution in [0.2, 0.25) is 0 Å². The molecule has 70 valence electrons. The molecule has 0 spiro atoms. The molecule has 1 aliphatic rings. The minimum atomic E-state index is 0.852. The van der Waals surface area contributed by atoms with E-state index < -0.39 is 0 Å². The van der Waals surface area contributed by atoms with Crippen LogP contribution in [0.25, 0.3) is 0 Å². The van der Waals surface area contributed by atoms with Crippen LogP contribution in [0.15, 0.2) is 18.2 Å². The molecule has 2 nitrogen and oxygen atoms in total. The van der Waals surface area contributed by atoms with E-state index in [0.717, 1.165) is 31.7 Å². The van der Waals surface area contributed by atoms with Gasteiger partial charge in [-0.1, -0.05) is 12.1 Å². The fraction of sp³-hybridized carbons (Fsp3) is 0.455. The largest absolute Gasteiger partial charge is 0.493 e. The van der Waals surface area contributed by atoms with Crippen LogP contribution in [0.5, 0.6) is 5.75 Å². The van der Waals surface area contributed by atoms with E-state index in [0.29, 0.717) is 0 Å². The summed E-state index contributed by atoms with van der Waals surface area (Å²) in [6.07, 6.45) is 2.15. The monoisotopic (exact) mass is 177 g/mol. The van der Waals surface area contributed by atoms with Crippen LogP contribution in [-0.4, -0.2) is 20.2 Å². The molecule has 1 N–H and O–H groups in total. The summed E-state index contributed by atoms with van der Waals surface area (Å²) in [5.74, 6) is 1.09. The third-order valence-electron chi connectivity index (χ3n) is 2.42. The Labute approximate surface area is 78.9 Å². The molecule has 13 heavy (non-hydrogen) atoms. The Morgan fingerprint density at radius 3 is 3.23 bits per heavy atom. The summed E-state index contributed by atoms with van der Waals surface area (Å²) >= 11 is 0. The van der Waals surface area contributed by atoms with Crippen LogP contribution in [-0.2, 0) is 12.8 Å². The van der Waals surface area contributed by atoms with E-state index in [2.05, 4.69) is 23.5 Å². The van der Waals surface area contributed by atoms with E-state index in [1.807, 2.05) is 7.05 Å². The highest BCUT2D eigenvalue weighted by Crippen LogP contribution is 2.26. The van der Waals surface area contributed by atoms with Gasteiger partial charge in [-0.2, -0.15) is 0 Å². The number of ether oxygens (including phenoxy) is 1. The number of likely N-dealkylation sites (N-methyl/N-ethyl adjacent to an activating group) is 1. The van der Waals surface area contributed by atoms with Gasteiger partial charge in [-0.05, 0) is 37.2 Å². The van der Waals surface area contributed by atoms with Crippen molar-refractivity contribution in [2.24, 2.45) is 0 Å². The number of hydrogen-bond donors (Lipinski definition) is 1. The summed E-state index contributed by atoms with van der Waals surface area (Å²) < 4.78 is 5.50. The average Bonchev–Trinajstić information content (AvgIpc) is 2.61.